The molecule has 4 rings (SSSR count). The largest absolute Gasteiger partial charge is 0.359 e. The van der Waals surface area contributed by atoms with E-state index in [2.05, 4.69) is 31.0 Å². The van der Waals surface area contributed by atoms with Gasteiger partial charge in [0.2, 0.25) is 10.0 Å². The van der Waals surface area contributed by atoms with E-state index in [1.807, 2.05) is 17.8 Å². The summed E-state index contributed by atoms with van der Waals surface area (Å²) in [6.07, 6.45) is 5.13. The molecule has 2 saturated heterocycles. The van der Waals surface area contributed by atoms with Gasteiger partial charge in [-0.25, -0.2) is 8.42 Å². The maximum Gasteiger partial charge on any atom is 0.243 e. The zero-order chi connectivity index (χ0) is 22.1. The monoisotopic (exact) mass is 464 g/mol. The Balaban J connectivity index is 1.27. The maximum atomic E-state index is 12.8. The molecule has 0 atom stereocenters. The molecule has 1 aromatic rings. The summed E-state index contributed by atoms with van der Waals surface area (Å²) in [6, 6.07) is 8.73. The van der Waals surface area contributed by atoms with Crippen LogP contribution in [0.15, 0.2) is 40.2 Å². The van der Waals surface area contributed by atoms with Gasteiger partial charge >= 0.3 is 0 Å². The number of hydrogen-bond acceptors (Lipinski definition) is 5. The molecule has 1 aliphatic carbocycles. The minimum atomic E-state index is -3.39. The molecule has 172 valence electrons. The van der Waals surface area contributed by atoms with Gasteiger partial charge in [0, 0.05) is 43.0 Å². The second-order valence-corrected chi connectivity index (χ2v) is 13.1. The number of rotatable bonds is 5. The summed E-state index contributed by atoms with van der Waals surface area (Å²) < 4.78 is 27.5. The van der Waals surface area contributed by atoms with Crippen LogP contribution in [-0.2, 0) is 10.0 Å². The summed E-state index contributed by atoms with van der Waals surface area (Å²) in [5, 5.41) is 4.78. The van der Waals surface area contributed by atoms with E-state index < -0.39 is 10.0 Å². The van der Waals surface area contributed by atoms with Gasteiger partial charge in [-0.15, -0.1) is 0 Å². The number of nitrogens with one attached hydrogen (secondary N) is 1. The first kappa shape index (κ1) is 23.1. The highest BCUT2D eigenvalue weighted by atomic mass is 32.2. The Labute approximate surface area is 191 Å². The van der Waals surface area contributed by atoms with Crippen LogP contribution in [0.25, 0.3) is 0 Å². The van der Waals surface area contributed by atoms with E-state index in [1.54, 1.807) is 28.6 Å². The molecule has 3 fully saturated rings. The van der Waals surface area contributed by atoms with Crippen molar-refractivity contribution in [3.8, 4) is 0 Å². The summed E-state index contributed by atoms with van der Waals surface area (Å²) in [6.45, 7) is 11.2. The number of aliphatic imine (C=N–C) groups is 1. The van der Waals surface area contributed by atoms with E-state index >= 15 is 0 Å². The number of nitrogens with zero attached hydrogens (tertiary/aromatic N) is 3. The van der Waals surface area contributed by atoms with Gasteiger partial charge in [-0.1, -0.05) is 36.9 Å². The Hall–Kier alpha value is -1.09. The number of benzene rings is 1. The van der Waals surface area contributed by atoms with Crippen LogP contribution < -0.4 is 5.32 Å². The zero-order valence-electron chi connectivity index (χ0n) is 19.0. The quantitative estimate of drug-likeness (QED) is 0.723. The van der Waals surface area contributed by atoms with Crippen LogP contribution >= 0.6 is 11.8 Å². The van der Waals surface area contributed by atoms with E-state index in [-0.39, 0.29) is 10.3 Å². The van der Waals surface area contributed by atoms with E-state index in [4.69, 9.17) is 4.99 Å². The van der Waals surface area contributed by atoms with Crippen LogP contribution in [0, 0.1) is 5.92 Å². The molecule has 3 aliphatic rings. The Morgan fingerprint density at radius 1 is 1.10 bits per heavy atom. The van der Waals surface area contributed by atoms with Crippen LogP contribution in [0.3, 0.4) is 0 Å². The van der Waals surface area contributed by atoms with Gasteiger partial charge in [0.15, 0.2) is 5.17 Å². The van der Waals surface area contributed by atoms with E-state index in [1.165, 1.54) is 25.7 Å². The van der Waals surface area contributed by atoms with Gasteiger partial charge < -0.3 is 5.32 Å². The fourth-order valence-corrected chi connectivity index (χ4v) is 8.00. The van der Waals surface area contributed by atoms with Crippen LogP contribution in [-0.4, -0.2) is 72.3 Å². The number of amidine groups is 1. The molecule has 1 saturated carbocycles. The van der Waals surface area contributed by atoms with Crippen LogP contribution in [0.4, 0.5) is 0 Å². The van der Waals surface area contributed by atoms with Crippen molar-refractivity contribution >= 4 is 27.0 Å². The summed E-state index contributed by atoms with van der Waals surface area (Å²) in [7, 11) is -3.39. The van der Waals surface area contributed by atoms with E-state index in [0.29, 0.717) is 18.0 Å². The van der Waals surface area contributed by atoms with Gasteiger partial charge in [-0.2, -0.15) is 4.31 Å². The summed E-state index contributed by atoms with van der Waals surface area (Å²) in [5.41, 5.74) is 0.0774. The number of hydrogen-bond donors (Lipinski definition) is 1. The Morgan fingerprint density at radius 2 is 1.74 bits per heavy atom. The molecular formula is C23H36N4O2S2. The molecule has 0 unspecified atom stereocenters. The van der Waals surface area contributed by atoms with Crippen LogP contribution in [0.5, 0.6) is 0 Å². The van der Waals surface area contributed by atoms with Gasteiger partial charge in [-0.05, 0) is 57.6 Å². The molecule has 2 aliphatic heterocycles. The molecule has 2 heterocycles. The summed E-state index contributed by atoms with van der Waals surface area (Å²) >= 11 is 1.96. The fraction of sp³-hybridized carbons (Fsp3) is 0.696. The van der Waals surface area contributed by atoms with Crippen molar-refractivity contribution in [3.05, 3.63) is 30.3 Å². The van der Waals surface area contributed by atoms with Crippen LogP contribution in [0.1, 0.15) is 46.5 Å². The van der Waals surface area contributed by atoms with Gasteiger partial charge in [0.05, 0.1) is 11.4 Å². The fourth-order valence-electron chi connectivity index (χ4n) is 4.97. The van der Waals surface area contributed by atoms with Gasteiger partial charge in [0.25, 0.3) is 0 Å². The first-order valence-electron chi connectivity index (χ1n) is 11.5. The molecule has 0 amide bonds. The molecule has 0 radical (unpaired) electrons. The highest BCUT2D eigenvalue weighted by molar-refractivity contribution is 8.15. The first-order chi connectivity index (χ1) is 14.7. The molecule has 1 N–H and O–H groups in total. The topological polar surface area (TPSA) is 65.0 Å². The zero-order valence-corrected chi connectivity index (χ0v) is 20.6. The lowest BCUT2D eigenvalue weighted by atomic mass is 9.73. The third-order valence-electron chi connectivity index (χ3n) is 7.32. The maximum absolute atomic E-state index is 12.8. The van der Waals surface area contributed by atoms with Crippen molar-refractivity contribution in [2.45, 2.75) is 61.6 Å². The third kappa shape index (κ3) is 4.82. The molecule has 8 heteroatoms. The number of thioether (sulfide) groups is 1. The summed E-state index contributed by atoms with van der Waals surface area (Å²) in [4.78, 5) is 7.60. The molecule has 31 heavy (non-hydrogen) atoms. The van der Waals surface area contributed by atoms with Crippen molar-refractivity contribution in [2.75, 3.05) is 39.3 Å². The SMILES string of the molecule is CC1CCC2(CC1)SC(=NCCN1CCN(S(=O)(=O)c3ccccc3)CC1)NC2(C)C. The average molecular weight is 465 g/mol. The highest BCUT2D eigenvalue weighted by Gasteiger charge is 2.53. The first-order valence-corrected chi connectivity index (χ1v) is 13.8. The van der Waals surface area contributed by atoms with Crippen molar-refractivity contribution in [2.24, 2.45) is 10.9 Å². The number of piperazine rings is 1. The van der Waals surface area contributed by atoms with Crippen molar-refractivity contribution in [3.63, 3.8) is 0 Å². The second-order valence-electron chi connectivity index (χ2n) is 9.77. The normalized spacial score (nSPS) is 31.2. The second kappa shape index (κ2) is 9.04. The van der Waals surface area contributed by atoms with Crippen LogP contribution in [0.2, 0.25) is 0 Å². The molecule has 1 spiro atoms. The lowest BCUT2D eigenvalue weighted by Crippen LogP contribution is -2.52. The smallest absolute Gasteiger partial charge is 0.243 e. The predicted molar refractivity (Wildman–Crippen MR) is 129 cm³/mol. The van der Waals surface area contributed by atoms with Crippen molar-refractivity contribution in [1.82, 2.24) is 14.5 Å². The lowest BCUT2D eigenvalue weighted by Gasteiger charge is -2.43. The van der Waals surface area contributed by atoms with Crippen molar-refractivity contribution in [1.29, 1.82) is 0 Å². The Bertz CT molecular complexity index is 885. The minimum Gasteiger partial charge on any atom is -0.359 e. The van der Waals surface area contributed by atoms with E-state index in [9.17, 15) is 8.42 Å². The Morgan fingerprint density at radius 3 is 2.39 bits per heavy atom. The molecule has 1 aromatic carbocycles. The molecule has 6 nitrogen and oxygen atoms in total. The van der Waals surface area contributed by atoms with E-state index in [0.717, 1.165) is 37.3 Å². The average Bonchev–Trinajstić information content (AvgIpc) is 3.00. The Kier molecular flexibility index (Phi) is 6.73. The molecule has 0 aromatic heterocycles. The minimum absolute atomic E-state index is 0.0774. The van der Waals surface area contributed by atoms with Gasteiger partial charge in [0.1, 0.15) is 0 Å². The summed E-state index contributed by atoms with van der Waals surface area (Å²) in [5.74, 6) is 0.840. The lowest BCUT2D eigenvalue weighted by molar-refractivity contribution is 0.193. The standard InChI is InChI=1S/C23H36N4O2S2/c1-19-9-11-23(12-10-19)22(2,3)25-21(30-23)24-13-14-26-15-17-27(18-16-26)31(28,29)20-7-5-4-6-8-20/h4-8,19H,9-18H2,1-3H3,(H,24,25). The molecule has 0 bridgehead atoms. The predicted octanol–water partition coefficient (Wildman–Crippen LogP) is 3.41. The molecular weight excluding hydrogens is 428 g/mol. The highest BCUT2D eigenvalue weighted by Crippen LogP contribution is 2.52. The third-order valence-corrected chi connectivity index (χ3v) is 11.0. The number of sulfonamides is 1. The van der Waals surface area contributed by atoms with Gasteiger partial charge in [-0.3, -0.25) is 9.89 Å². The van der Waals surface area contributed by atoms with Crippen molar-refractivity contribution < 1.29 is 8.42 Å².